The van der Waals surface area contributed by atoms with Crippen molar-refractivity contribution in [3.63, 3.8) is 0 Å². The van der Waals surface area contributed by atoms with Crippen molar-refractivity contribution < 1.29 is 9.53 Å². The fraction of sp³-hybridized carbons (Fsp3) is 0.154. The quantitative estimate of drug-likeness (QED) is 0.368. The number of ether oxygens (including phenoxy) is 1. The Morgan fingerprint density at radius 2 is 1.88 bits per heavy atom. The van der Waals surface area contributed by atoms with Gasteiger partial charge in [-0.25, -0.2) is 4.99 Å². The lowest BCUT2D eigenvalue weighted by Gasteiger charge is -2.19. The molecule has 7 heteroatoms. The molecular formula is C26H22ClN3O2S. The van der Waals surface area contributed by atoms with Crippen LogP contribution in [0.2, 0.25) is 5.02 Å². The Morgan fingerprint density at radius 3 is 2.73 bits per heavy atom. The number of nitrogens with one attached hydrogen (secondary N) is 1. The van der Waals surface area contributed by atoms with E-state index in [9.17, 15) is 4.79 Å². The van der Waals surface area contributed by atoms with E-state index in [1.807, 2.05) is 48.5 Å². The molecule has 5 nitrogen and oxygen atoms in total. The summed E-state index contributed by atoms with van der Waals surface area (Å²) in [5.74, 6) is 0.542. The standard InChI is InChI=1S/C26H22ClN3O2S/c27-20-10-4-5-11-21(20)29-26-30(14-6-9-18-7-2-1-3-8-18)23(17-33-26)19-12-13-24-22(15-19)28-25(31)16-32-24/h1-5,7-8,10-13,15,17H,6,9,14,16H2,(H,28,31). The first-order chi connectivity index (χ1) is 16.2. The number of thiazole rings is 1. The third-order valence-corrected chi connectivity index (χ3v) is 6.65. The first-order valence-corrected chi connectivity index (χ1v) is 12.0. The largest absolute Gasteiger partial charge is 0.482 e. The fourth-order valence-electron chi connectivity index (χ4n) is 3.84. The number of para-hydroxylation sites is 1. The maximum Gasteiger partial charge on any atom is 0.262 e. The molecule has 5 rings (SSSR count). The Bertz CT molecular complexity index is 1360. The van der Waals surface area contributed by atoms with E-state index >= 15 is 0 Å². The van der Waals surface area contributed by atoms with Crippen molar-refractivity contribution in [2.24, 2.45) is 4.99 Å². The molecule has 1 aliphatic rings. The number of fused-ring (bicyclic) bond motifs is 1. The fourth-order valence-corrected chi connectivity index (χ4v) is 4.97. The minimum absolute atomic E-state index is 0.0468. The zero-order valence-electron chi connectivity index (χ0n) is 17.8. The summed E-state index contributed by atoms with van der Waals surface area (Å²) in [4.78, 5) is 17.5. The number of rotatable bonds is 6. The van der Waals surface area contributed by atoms with Gasteiger partial charge < -0.3 is 14.6 Å². The van der Waals surface area contributed by atoms with Crippen molar-refractivity contribution in [3.8, 4) is 17.0 Å². The average molecular weight is 476 g/mol. The second-order valence-corrected chi connectivity index (χ2v) is 9.00. The van der Waals surface area contributed by atoms with Crippen molar-refractivity contribution in [2.45, 2.75) is 19.4 Å². The maximum atomic E-state index is 11.8. The lowest BCUT2D eigenvalue weighted by Crippen LogP contribution is -2.25. The van der Waals surface area contributed by atoms with E-state index in [2.05, 4.69) is 39.5 Å². The number of anilines is 1. The molecule has 1 aliphatic heterocycles. The first-order valence-electron chi connectivity index (χ1n) is 10.8. The van der Waals surface area contributed by atoms with Crippen LogP contribution in [0.3, 0.4) is 0 Å². The zero-order chi connectivity index (χ0) is 22.6. The summed E-state index contributed by atoms with van der Waals surface area (Å²) < 4.78 is 7.75. The van der Waals surface area contributed by atoms with Gasteiger partial charge in [-0.3, -0.25) is 4.79 Å². The molecule has 33 heavy (non-hydrogen) atoms. The summed E-state index contributed by atoms with van der Waals surface area (Å²) >= 11 is 7.95. The topological polar surface area (TPSA) is 55.6 Å². The molecule has 1 amide bonds. The first kappa shape index (κ1) is 21.5. The van der Waals surface area contributed by atoms with Gasteiger partial charge in [-0.1, -0.05) is 54.1 Å². The Morgan fingerprint density at radius 1 is 1.06 bits per heavy atom. The van der Waals surface area contributed by atoms with Gasteiger partial charge in [0.05, 0.1) is 22.1 Å². The van der Waals surface area contributed by atoms with Gasteiger partial charge >= 0.3 is 0 Å². The molecule has 4 aromatic rings. The molecular weight excluding hydrogens is 454 g/mol. The Labute approximate surface area is 201 Å². The van der Waals surface area contributed by atoms with Gasteiger partial charge in [0.2, 0.25) is 0 Å². The van der Waals surface area contributed by atoms with Crippen LogP contribution in [0.4, 0.5) is 11.4 Å². The van der Waals surface area contributed by atoms with E-state index in [4.69, 9.17) is 21.3 Å². The van der Waals surface area contributed by atoms with Gasteiger partial charge in [0.15, 0.2) is 11.4 Å². The normalized spacial score (nSPS) is 13.4. The number of benzene rings is 3. The van der Waals surface area contributed by atoms with E-state index in [1.54, 1.807) is 11.3 Å². The highest BCUT2D eigenvalue weighted by Crippen LogP contribution is 2.33. The van der Waals surface area contributed by atoms with Gasteiger partial charge in [-0.05, 0) is 48.7 Å². The molecule has 1 aromatic heterocycles. The van der Waals surface area contributed by atoms with Crippen LogP contribution in [0.15, 0.2) is 83.2 Å². The van der Waals surface area contributed by atoms with Crippen LogP contribution < -0.4 is 14.9 Å². The minimum atomic E-state index is -0.143. The van der Waals surface area contributed by atoms with E-state index in [-0.39, 0.29) is 12.5 Å². The van der Waals surface area contributed by atoms with Crippen molar-refractivity contribution in [1.29, 1.82) is 0 Å². The van der Waals surface area contributed by atoms with Gasteiger partial charge in [0.25, 0.3) is 5.91 Å². The van der Waals surface area contributed by atoms with Crippen LogP contribution >= 0.6 is 22.9 Å². The number of aryl methyl sites for hydroxylation is 1. The van der Waals surface area contributed by atoms with Gasteiger partial charge in [0, 0.05) is 17.5 Å². The lowest BCUT2D eigenvalue weighted by atomic mass is 10.1. The minimum Gasteiger partial charge on any atom is -0.482 e. The van der Waals surface area contributed by atoms with Crippen LogP contribution in [0.5, 0.6) is 5.75 Å². The second kappa shape index (κ2) is 9.65. The molecule has 0 fully saturated rings. The van der Waals surface area contributed by atoms with Crippen molar-refractivity contribution in [2.75, 3.05) is 11.9 Å². The van der Waals surface area contributed by atoms with Crippen molar-refractivity contribution >= 4 is 40.2 Å². The molecule has 0 saturated carbocycles. The molecule has 1 N–H and O–H groups in total. The van der Waals surface area contributed by atoms with Crippen LogP contribution in [-0.4, -0.2) is 17.1 Å². The lowest BCUT2D eigenvalue weighted by molar-refractivity contribution is -0.118. The smallest absolute Gasteiger partial charge is 0.262 e. The number of aromatic nitrogens is 1. The number of halogens is 1. The molecule has 0 unspecified atom stereocenters. The van der Waals surface area contributed by atoms with Crippen LogP contribution in [0.1, 0.15) is 12.0 Å². The Balaban J connectivity index is 1.52. The predicted octanol–water partition coefficient (Wildman–Crippen LogP) is 6.07. The molecule has 2 heterocycles. The van der Waals surface area contributed by atoms with E-state index in [0.717, 1.165) is 41.1 Å². The zero-order valence-corrected chi connectivity index (χ0v) is 19.4. The van der Waals surface area contributed by atoms with Crippen molar-refractivity contribution in [1.82, 2.24) is 4.57 Å². The third kappa shape index (κ3) is 4.87. The van der Waals surface area contributed by atoms with Crippen LogP contribution in [-0.2, 0) is 17.8 Å². The SMILES string of the molecule is O=C1COc2ccc(-c3csc(=Nc4ccccc4Cl)n3CCCc3ccccc3)cc2N1. The summed E-state index contributed by atoms with van der Waals surface area (Å²) in [5.41, 5.74) is 4.79. The number of hydrogen-bond donors (Lipinski definition) is 1. The molecule has 0 radical (unpaired) electrons. The molecule has 0 aliphatic carbocycles. The molecule has 0 atom stereocenters. The number of nitrogens with zero attached hydrogens (tertiary/aromatic N) is 2. The molecule has 0 bridgehead atoms. The Hall–Kier alpha value is -3.35. The van der Waals surface area contributed by atoms with E-state index < -0.39 is 0 Å². The summed E-state index contributed by atoms with van der Waals surface area (Å²) in [6, 6.07) is 24.0. The summed E-state index contributed by atoms with van der Waals surface area (Å²) in [5, 5.41) is 5.62. The number of amides is 1. The number of carbonyl (C=O) groups is 1. The third-order valence-electron chi connectivity index (χ3n) is 5.46. The second-order valence-electron chi connectivity index (χ2n) is 7.76. The summed E-state index contributed by atoms with van der Waals surface area (Å²) in [7, 11) is 0. The van der Waals surface area contributed by atoms with Crippen LogP contribution in [0, 0.1) is 0 Å². The van der Waals surface area contributed by atoms with Crippen molar-refractivity contribution in [3.05, 3.63) is 93.6 Å². The molecule has 0 spiro atoms. The average Bonchev–Trinajstić information content (AvgIpc) is 3.23. The highest BCUT2D eigenvalue weighted by atomic mass is 35.5. The highest BCUT2D eigenvalue weighted by Gasteiger charge is 2.18. The monoisotopic (exact) mass is 475 g/mol. The number of carbonyl (C=O) groups excluding carboxylic acids is 1. The predicted molar refractivity (Wildman–Crippen MR) is 133 cm³/mol. The Kier molecular flexibility index (Phi) is 6.28. The summed E-state index contributed by atoms with van der Waals surface area (Å²) in [6.45, 7) is 0.849. The molecule has 166 valence electrons. The van der Waals surface area contributed by atoms with E-state index in [0.29, 0.717) is 16.5 Å². The van der Waals surface area contributed by atoms with E-state index in [1.165, 1.54) is 5.56 Å². The summed E-state index contributed by atoms with van der Waals surface area (Å²) in [6.07, 6.45) is 1.94. The molecule has 0 saturated heterocycles. The van der Waals surface area contributed by atoms with Crippen LogP contribution in [0.25, 0.3) is 11.3 Å². The van der Waals surface area contributed by atoms with Gasteiger partial charge in [-0.15, -0.1) is 11.3 Å². The maximum absolute atomic E-state index is 11.8. The number of hydrogen-bond acceptors (Lipinski definition) is 4. The highest BCUT2D eigenvalue weighted by molar-refractivity contribution is 7.07. The van der Waals surface area contributed by atoms with Gasteiger partial charge in [-0.2, -0.15) is 0 Å². The molecule has 3 aromatic carbocycles. The van der Waals surface area contributed by atoms with Gasteiger partial charge in [0.1, 0.15) is 5.75 Å².